The highest BCUT2D eigenvalue weighted by molar-refractivity contribution is 5.88. The van der Waals surface area contributed by atoms with E-state index < -0.39 is 6.04 Å². The minimum absolute atomic E-state index is 0.0460. The third kappa shape index (κ3) is 4.34. The average Bonchev–Trinajstić information content (AvgIpc) is 2.52. The second kappa shape index (κ2) is 7.62. The number of rotatable bonds is 5. The Morgan fingerprint density at radius 2 is 1.78 bits per heavy atom. The monoisotopic (exact) mass is 316 g/mol. The number of nitrogens with one attached hydrogen (secondary N) is 2. The van der Waals surface area contributed by atoms with Gasteiger partial charge in [0.25, 0.3) is 0 Å². The highest BCUT2D eigenvalue weighted by Crippen LogP contribution is 2.29. The molecule has 1 aromatic rings. The largest absolute Gasteiger partial charge is 0.347 e. The predicted octanol–water partition coefficient (Wildman–Crippen LogP) is 2.98. The molecular formula is C19H28N2O2. The fraction of sp³-hybridized carbons (Fsp3) is 0.579. The maximum atomic E-state index is 12.7. The summed E-state index contributed by atoms with van der Waals surface area (Å²) in [6.45, 7) is 7.59. The van der Waals surface area contributed by atoms with Crippen molar-refractivity contribution in [2.75, 3.05) is 0 Å². The first-order valence-electron chi connectivity index (χ1n) is 8.58. The van der Waals surface area contributed by atoms with Crippen molar-refractivity contribution >= 4 is 11.8 Å². The van der Waals surface area contributed by atoms with Crippen molar-refractivity contribution in [2.24, 2.45) is 11.8 Å². The van der Waals surface area contributed by atoms with E-state index in [-0.39, 0.29) is 29.7 Å². The van der Waals surface area contributed by atoms with Gasteiger partial charge in [0.2, 0.25) is 11.8 Å². The van der Waals surface area contributed by atoms with Crippen molar-refractivity contribution in [3.8, 4) is 0 Å². The van der Waals surface area contributed by atoms with Crippen LogP contribution in [0.4, 0.5) is 0 Å². The lowest BCUT2D eigenvalue weighted by atomic mass is 9.87. The Bertz CT molecular complexity index is 566. The second-order valence-corrected chi connectivity index (χ2v) is 7.04. The summed E-state index contributed by atoms with van der Waals surface area (Å²) in [7, 11) is 0. The fourth-order valence-electron chi connectivity index (χ4n) is 3.02. The zero-order valence-electron chi connectivity index (χ0n) is 14.6. The SMILES string of the molecule is CC(C)C(=O)NC(C(=O)NC1CCCc2ccccc21)C(C)C. The zero-order chi connectivity index (χ0) is 17.0. The summed E-state index contributed by atoms with van der Waals surface area (Å²) in [5, 5.41) is 6.03. The van der Waals surface area contributed by atoms with Gasteiger partial charge in [-0.2, -0.15) is 0 Å². The molecule has 0 aliphatic heterocycles. The number of fused-ring (bicyclic) bond motifs is 1. The number of aryl methyl sites for hydroxylation is 1. The Labute approximate surface area is 139 Å². The summed E-state index contributed by atoms with van der Waals surface area (Å²) in [4.78, 5) is 24.7. The van der Waals surface area contributed by atoms with Gasteiger partial charge in [-0.25, -0.2) is 0 Å². The molecule has 1 aliphatic carbocycles. The molecule has 2 N–H and O–H groups in total. The number of hydrogen-bond donors (Lipinski definition) is 2. The van der Waals surface area contributed by atoms with E-state index in [1.807, 2.05) is 39.8 Å². The van der Waals surface area contributed by atoms with Crippen LogP contribution in [0.5, 0.6) is 0 Å². The highest BCUT2D eigenvalue weighted by atomic mass is 16.2. The first-order valence-corrected chi connectivity index (χ1v) is 8.58. The Balaban J connectivity index is 2.09. The van der Waals surface area contributed by atoms with E-state index in [0.29, 0.717) is 0 Å². The quantitative estimate of drug-likeness (QED) is 0.877. The van der Waals surface area contributed by atoms with E-state index in [1.165, 1.54) is 11.1 Å². The predicted molar refractivity (Wildman–Crippen MR) is 91.9 cm³/mol. The third-order valence-electron chi connectivity index (χ3n) is 4.46. The number of hydrogen-bond acceptors (Lipinski definition) is 2. The van der Waals surface area contributed by atoms with Crippen LogP contribution in [-0.4, -0.2) is 17.9 Å². The van der Waals surface area contributed by atoms with Crippen molar-refractivity contribution in [1.82, 2.24) is 10.6 Å². The highest BCUT2D eigenvalue weighted by Gasteiger charge is 2.28. The Morgan fingerprint density at radius 1 is 1.09 bits per heavy atom. The van der Waals surface area contributed by atoms with E-state index >= 15 is 0 Å². The van der Waals surface area contributed by atoms with Crippen LogP contribution >= 0.6 is 0 Å². The van der Waals surface area contributed by atoms with Crippen LogP contribution in [0, 0.1) is 11.8 Å². The molecule has 0 spiro atoms. The lowest BCUT2D eigenvalue weighted by Gasteiger charge is -2.29. The molecule has 2 rings (SSSR count). The molecule has 0 radical (unpaired) electrons. The zero-order valence-corrected chi connectivity index (χ0v) is 14.6. The molecule has 1 aromatic carbocycles. The van der Waals surface area contributed by atoms with Gasteiger partial charge in [0.1, 0.15) is 6.04 Å². The Hall–Kier alpha value is -1.84. The van der Waals surface area contributed by atoms with Gasteiger partial charge >= 0.3 is 0 Å². The van der Waals surface area contributed by atoms with Gasteiger partial charge < -0.3 is 10.6 Å². The van der Waals surface area contributed by atoms with E-state index in [4.69, 9.17) is 0 Å². The number of carbonyl (C=O) groups excluding carboxylic acids is 2. The lowest BCUT2D eigenvalue weighted by molar-refractivity contribution is -0.132. The van der Waals surface area contributed by atoms with Crippen LogP contribution in [0.15, 0.2) is 24.3 Å². The summed E-state index contributed by atoms with van der Waals surface area (Å²) in [5.41, 5.74) is 2.53. The molecule has 2 amide bonds. The fourth-order valence-corrected chi connectivity index (χ4v) is 3.02. The standard InChI is InChI=1S/C19H28N2O2/c1-12(2)17(21-18(22)13(3)4)19(23)20-16-11-7-9-14-8-5-6-10-15(14)16/h5-6,8,10,12-13,16-17H,7,9,11H2,1-4H3,(H,20,23)(H,21,22). The van der Waals surface area contributed by atoms with Crippen LogP contribution in [0.25, 0.3) is 0 Å². The molecule has 0 saturated carbocycles. The summed E-state index contributed by atoms with van der Waals surface area (Å²) in [5.74, 6) is -0.241. The van der Waals surface area contributed by atoms with Gasteiger partial charge in [-0.3, -0.25) is 9.59 Å². The molecule has 126 valence electrons. The maximum Gasteiger partial charge on any atom is 0.243 e. The van der Waals surface area contributed by atoms with E-state index in [9.17, 15) is 9.59 Å². The maximum absolute atomic E-state index is 12.7. The van der Waals surface area contributed by atoms with Gasteiger partial charge in [0.15, 0.2) is 0 Å². The summed E-state index contributed by atoms with van der Waals surface area (Å²) >= 11 is 0. The molecule has 23 heavy (non-hydrogen) atoms. The molecule has 1 aliphatic rings. The van der Waals surface area contributed by atoms with Gasteiger partial charge in [0, 0.05) is 5.92 Å². The Kier molecular flexibility index (Phi) is 5.80. The van der Waals surface area contributed by atoms with Gasteiger partial charge in [-0.1, -0.05) is 52.0 Å². The number of amides is 2. The topological polar surface area (TPSA) is 58.2 Å². The first-order chi connectivity index (χ1) is 10.9. The van der Waals surface area contributed by atoms with E-state index in [1.54, 1.807) is 0 Å². The van der Waals surface area contributed by atoms with Crippen LogP contribution in [-0.2, 0) is 16.0 Å². The van der Waals surface area contributed by atoms with E-state index in [0.717, 1.165) is 19.3 Å². The lowest BCUT2D eigenvalue weighted by Crippen LogP contribution is -2.51. The molecule has 4 nitrogen and oxygen atoms in total. The molecule has 0 saturated heterocycles. The first kappa shape index (κ1) is 17.5. The molecule has 0 heterocycles. The normalized spacial score (nSPS) is 18.4. The number of benzene rings is 1. The van der Waals surface area contributed by atoms with Crippen molar-refractivity contribution in [3.05, 3.63) is 35.4 Å². The smallest absolute Gasteiger partial charge is 0.243 e. The van der Waals surface area contributed by atoms with Crippen LogP contribution in [0.1, 0.15) is 57.7 Å². The van der Waals surface area contributed by atoms with Crippen molar-refractivity contribution in [1.29, 1.82) is 0 Å². The Morgan fingerprint density at radius 3 is 2.43 bits per heavy atom. The molecule has 4 heteroatoms. The minimum atomic E-state index is -0.487. The van der Waals surface area contributed by atoms with Gasteiger partial charge in [-0.05, 0) is 36.3 Å². The summed E-state index contributed by atoms with van der Waals surface area (Å²) < 4.78 is 0. The van der Waals surface area contributed by atoms with Gasteiger partial charge in [0.05, 0.1) is 6.04 Å². The van der Waals surface area contributed by atoms with Crippen LogP contribution < -0.4 is 10.6 Å². The van der Waals surface area contributed by atoms with Crippen LogP contribution in [0.3, 0.4) is 0 Å². The number of carbonyl (C=O) groups is 2. The summed E-state index contributed by atoms with van der Waals surface area (Å²) in [6, 6.07) is 7.85. The average molecular weight is 316 g/mol. The molecule has 0 fully saturated rings. The molecular weight excluding hydrogens is 288 g/mol. The molecule has 2 atom stereocenters. The van der Waals surface area contributed by atoms with Crippen LogP contribution in [0.2, 0.25) is 0 Å². The third-order valence-corrected chi connectivity index (χ3v) is 4.46. The summed E-state index contributed by atoms with van der Waals surface area (Å²) in [6.07, 6.45) is 3.10. The van der Waals surface area contributed by atoms with Crippen molar-refractivity contribution in [3.63, 3.8) is 0 Å². The molecule has 2 unspecified atom stereocenters. The van der Waals surface area contributed by atoms with E-state index in [2.05, 4.69) is 22.8 Å². The second-order valence-electron chi connectivity index (χ2n) is 7.04. The van der Waals surface area contributed by atoms with Crippen molar-refractivity contribution in [2.45, 2.75) is 59.0 Å². The van der Waals surface area contributed by atoms with Gasteiger partial charge in [-0.15, -0.1) is 0 Å². The minimum Gasteiger partial charge on any atom is -0.347 e. The molecule has 0 aromatic heterocycles. The van der Waals surface area contributed by atoms with Crippen molar-refractivity contribution < 1.29 is 9.59 Å². The molecule has 0 bridgehead atoms.